The Hall–Kier alpha value is -1.42. The van der Waals surface area contributed by atoms with Crippen LogP contribution in [0.2, 0.25) is 9.36 Å². The molecule has 1 heterocycles. The van der Waals surface area contributed by atoms with Crippen LogP contribution in [0.4, 0.5) is 9.61 Å². The highest BCUT2D eigenvalue weighted by Gasteiger charge is 2.31. The summed E-state index contributed by atoms with van der Waals surface area (Å²) < 4.78 is 38.3. The van der Waals surface area contributed by atoms with E-state index < -0.39 is 30.5 Å². The van der Waals surface area contributed by atoms with Gasteiger partial charge in [0.2, 0.25) is 5.13 Å². The summed E-state index contributed by atoms with van der Waals surface area (Å²) in [6.45, 7) is 1.28. The molecule has 11 heteroatoms. The number of benzene rings is 1. The Labute approximate surface area is 138 Å². The number of carbonyl (C=O) groups is 1. The molecule has 0 saturated carbocycles. The van der Waals surface area contributed by atoms with Crippen molar-refractivity contribution in [3.05, 3.63) is 38.8 Å². The molecular weight excluding hydrogens is 378 g/mol. The van der Waals surface area contributed by atoms with Crippen LogP contribution in [-0.2, 0) is 10.0 Å². The van der Waals surface area contributed by atoms with E-state index in [4.69, 9.17) is 28.3 Å². The molecule has 0 unspecified atom stereocenters. The zero-order chi connectivity index (χ0) is 16.7. The maximum absolute atomic E-state index is 14.2. The highest BCUT2D eigenvalue weighted by Crippen LogP contribution is 2.34. The van der Waals surface area contributed by atoms with E-state index in [1.807, 2.05) is 0 Å². The highest BCUT2D eigenvalue weighted by molar-refractivity contribution is 7.92. The predicted molar refractivity (Wildman–Crippen MR) is 81.0 cm³/mol. The van der Waals surface area contributed by atoms with Crippen molar-refractivity contribution in [2.45, 2.75) is 11.8 Å². The lowest BCUT2D eigenvalue weighted by atomic mass is 10.1. The lowest BCUT2D eigenvalue weighted by Gasteiger charge is -2.14. The zero-order valence-electron chi connectivity index (χ0n) is 10.7. The second-order valence-corrected chi connectivity index (χ2v) is 7.75. The first-order chi connectivity index (χ1) is 10.2. The summed E-state index contributed by atoms with van der Waals surface area (Å²) in [7, 11) is -4.60. The summed E-state index contributed by atoms with van der Waals surface area (Å²) >= 11 is 12.1. The number of halogens is 3. The van der Waals surface area contributed by atoms with Crippen molar-refractivity contribution >= 4 is 55.7 Å². The van der Waals surface area contributed by atoms with Crippen LogP contribution in [0.25, 0.3) is 0 Å². The number of rotatable bonds is 4. The second-order valence-electron chi connectivity index (χ2n) is 4.02. The lowest BCUT2D eigenvalue weighted by molar-refractivity contribution is 0.0697. The molecule has 22 heavy (non-hydrogen) atoms. The monoisotopic (exact) mass is 384 g/mol. The van der Waals surface area contributed by atoms with Crippen LogP contribution < -0.4 is 4.53 Å². The van der Waals surface area contributed by atoms with Crippen LogP contribution in [0.5, 0.6) is 0 Å². The average molecular weight is 385 g/mol. The maximum Gasteiger partial charge on any atom is 0.337 e. The third-order valence-electron chi connectivity index (χ3n) is 2.67. The Morgan fingerprint density at radius 3 is 2.55 bits per heavy atom. The second kappa shape index (κ2) is 5.99. The molecule has 2 rings (SSSR count). The average Bonchev–Trinajstić information content (AvgIpc) is 2.86. The standard InChI is InChI=1S/C11H7Cl2FN2O4S2/c1-5-7(3-2-6(9(5)13)10(17)18)22(19,20)16(14)11-15-4-8(12)21-11/h2-4H,1H3,(H,17,18). The molecule has 1 aromatic carbocycles. The summed E-state index contributed by atoms with van der Waals surface area (Å²) in [5, 5.41) is 8.18. The first-order valence-corrected chi connectivity index (χ1v) is 8.52. The first-order valence-electron chi connectivity index (χ1n) is 5.51. The van der Waals surface area contributed by atoms with Crippen molar-refractivity contribution in [2.75, 3.05) is 4.53 Å². The van der Waals surface area contributed by atoms with Gasteiger partial charge in [0, 0.05) is 0 Å². The molecule has 6 nitrogen and oxygen atoms in total. The van der Waals surface area contributed by atoms with Crippen molar-refractivity contribution in [1.29, 1.82) is 0 Å². The van der Waals surface area contributed by atoms with E-state index in [9.17, 15) is 17.7 Å². The number of hydrogen-bond donors (Lipinski definition) is 1. The molecule has 0 atom stereocenters. The maximum atomic E-state index is 14.2. The fraction of sp³-hybridized carbons (Fsp3) is 0.0909. The molecule has 0 saturated heterocycles. The van der Waals surface area contributed by atoms with Crippen LogP contribution in [0, 0.1) is 6.92 Å². The van der Waals surface area contributed by atoms with E-state index in [0.29, 0.717) is 11.3 Å². The summed E-state index contributed by atoms with van der Waals surface area (Å²) in [5.74, 6) is -1.32. The van der Waals surface area contributed by atoms with E-state index in [0.717, 1.165) is 18.3 Å². The Kier molecular flexibility index (Phi) is 4.62. The van der Waals surface area contributed by atoms with Gasteiger partial charge in [-0.1, -0.05) is 43.5 Å². The van der Waals surface area contributed by atoms with Crippen molar-refractivity contribution in [3.63, 3.8) is 0 Å². The fourth-order valence-corrected chi connectivity index (χ4v) is 4.20. The molecule has 1 aromatic heterocycles. The zero-order valence-corrected chi connectivity index (χ0v) is 13.9. The van der Waals surface area contributed by atoms with Gasteiger partial charge < -0.3 is 5.11 Å². The van der Waals surface area contributed by atoms with Crippen LogP contribution in [-0.4, -0.2) is 24.5 Å². The molecule has 0 amide bonds. The van der Waals surface area contributed by atoms with Gasteiger partial charge in [0.15, 0.2) is 0 Å². The van der Waals surface area contributed by atoms with Gasteiger partial charge in [0.25, 0.3) is 10.0 Å². The van der Waals surface area contributed by atoms with Crippen LogP contribution in [0.15, 0.2) is 23.2 Å². The largest absolute Gasteiger partial charge is 0.478 e. The molecule has 0 fully saturated rings. The number of sulfonamides is 1. The van der Waals surface area contributed by atoms with Gasteiger partial charge in [-0.3, -0.25) is 0 Å². The lowest BCUT2D eigenvalue weighted by Crippen LogP contribution is -2.23. The van der Waals surface area contributed by atoms with Gasteiger partial charge in [-0.25, -0.2) is 9.78 Å². The number of nitrogens with zero attached hydrogens (tertiary/aromatic N) is 2. The highest BCUT2D eigenvalue weighted by atomic mass is 35.5. The molecule has 118 valence electrons. The number of thiazole rings is 1. The number of anilines is 1. The molecule has 1 N–H and O–H groups in total. The summed E-state index contributed by atoms with van der Waals surface area (Å²) in [5.41, 5.74) is -0.354. The molecule has 0 aliphatic rings. The Balaban J connectivity index is 2.55. The molecule has 2 aromatic rings. The number of carboxylic acids is 1. The molecule has 0 aliphatic carbocycles. The normalized spacial score (nSPS) is 11.5. The molecule has 0 spiro atoms. The van der Waals surface area contributed by atoms with E-state index in [2.05, 4.69) is 4.98 Å². The van der Waals surface area contributed by atoms with Crippen molar-refractivity contribution in [3.8, 4) is 0 Å². The smallest absolute Gasteiger partial charge is 0.337 e. The van der Waals surface area contributed by atoms with E-state index >= 15 is 0 Å². The summed E-state index contributed by atoms with van der Waals surface area (Å²) in [4.78, 5) is 14.0. The van der Waals surface area contributed by atoms with Crippen LogP contribution in [0.3, 0.4) is 0 Å². The van der Waals surface area contributed by atoms with E-state index in [1.54, 1.807) is 0 Å². The van der Waals surface area contributed by atoms with E-state index in [1.165, 1.54) is 6.92 Å². The summed E-state index contributed by atoms with van der Waals surface area (Å²) in [6, 6.07) is 1.97. The van der Waals surface area contributed by atoms with Crippen molar-refractivity contribution in [2.24, 2.45) is 0 Å². The Morgan fingerprint density at radius 2 is 2.05 bits per heavy atom. The van der Waals surface area contributed by atoms with Gasteiger partial charge in [0.1, 0.15) is 4.34 Å². The molecule has 0 aliphatic heterocycles. The van der Waals surface area contributed by atoms with Crippen LogP contribution in [0.1, 0.15) is 15.9 Å². The Morgan fingerprint density at radius 1 is 1.41 bits per heavy atom. The topological polar surface area (TPSA) is 87.6 Å². The van der Waals surface area contributed by atoms with Gasteiger partial charge in [0.05, 0.1) is 21.7 Å². The Bertz CT molecular complexity index is 854. The third-order valence-corrected chi connectivity index (χ3v) is 5.95. The number of hydrogen-bond acceptors (Lipinski definition) is 5. The molecule has 0 radical (unpaired) electrons. The first kappa shape index (κ1) is 16.9. The van der Waals surface area contributed by atoms with Gasteiger partial charge in [-0.2, -0.15) is 8.42 Å². The minimum atomic E-state index is -4.60. The SMILES string of the molecule is Cc1c(S(=O)(=O)N(F)c2ncc(Cl)s2)ccc(C(=O)O)c1Cl. The van der Waals surface area contributed by atoms with Gasteiger partial charge in [-0.05, 0) is 24.6 Å². The van der Waals surface area contributed by atoms with E-state index in [-0.39, 0.29) is 20.5 Å². The molecular formula is C11H7Cl2FN2O4S2. The van der Waals surface area contributed by atoms with Crippen molar-refractivity contribution < 1.29 is 22.8 Å². The van der Waals surface area contributed by atoms with Crippen LogP contribution >= 0.6 is 34.5 Å². The number of aromatic nitrogens is 1. The minimum absolute atomic E-state index is 0.0770. The predicted octanol–water partition coefficient (Wildman–Crippen LogP) is 3.54. The van der Waals surface area contributed by atoms with Gasteiger partial charge >= 0.3 is 5.97 Å². The quantitative estimate of drug-likeness (QED) is 0.814. The third kappa shape index (κ3) is 2.89. The number of aromatic carboxylic acids is 1. The fourth-order valence-electron chi connectivity index (χ4n) is 1.63. The molecule has 0 bridgehead atoms. The minimum Gasteiger partial charge on any atom is -0.478 e. The summed E-state index contributed by atoms with van der Waals surface area (Å²) in [6.07, 6.45) is 1.11. The van der Waals surface area contributed by atoms with Crippen molar-refractivity contribution in [1.82, 2.24) is 4.98 Å². The number of carboxylic acid groups (broad SMARTS) is 1. The van der Waals surface area contributed by atoms with Gasteiger partial charge in [-0.15, -0.1) is 0 Å².